The number of halogens is 1. The molecule has 1 saturated carbocycles. The van der Waals surface area contributed by atoms with Crippen LogP contribution in [0.2, 0.25) is 5.02 Å². The average molecular weight is 342 g/mol. The Morgan fingerprint density at radius 2 is 2.00 bits per heavy atom. The summed E-state index contributed by atoms with van der Waals surface area (Å²) >= 11 is 7.58. The second-order valence-electron chi connectivity index (χ2n) is 5.43. The van der Waals surface area contributed by atoms with Gasteiger partial charge in [0.2, 0.25) is 0 Å². The van der Waals surface area contributed by atoms with Gasteiger partial charge < -0.3 is 10.4 Å². The summed E-state index contributed by atoms with van der Waals surface area (Å²) in [7, 11) is 0. The Morgan fingerprint density at radius 3 is 2.59 bits per heavy atom. The highest BCUT2D eigenvalue weighted by atomic mass is 35.5. The molecule has 1 aliphatic rings. The molecule has 0 spiro atoms. The predicted octanol–water partition coefficient (Wildman–Crippen LogP) is 3.83. The SMILES string of the molecule is CCSc1cc(Cl)ccc1C(=O)NC1CCC(C(=O)O)CC1. The number of carboxylic acid groups (broad SMARTS) is 1. The zero-order chi connectivity index (χ0) is 16.1. The molecule has 1 aromatic rings. The summed E-state index contributed by atoms with van der Waals surface area (Å²) in [6.07, 6.45) is 2.67. The van der Waals surface area contributed by atoms with Gasteiger partial charge in [-0.15, -0.1) is 11.8 Å². The molecule has 1 aliphatic carbocycles. The molecule has 0 heterocycles. The first-order valence-electron chi connectivity index (χ1n) is 7.47. The number of hydrogen-bond donors (Lipinski definition) is 2. The minimum atomic E-state index is -0.732. The van der Waals surface area contributed by atoms with Gasteiger partial charge >= 0.3 is 5.97 Å². The highest BCUT2D eigenvalue weighted by molar-refractivity contribution is 7.99. The molecule has 0 unspecified atom stereocenters. The highest BCUT2D eigenvalue weighted by Crippen LogP contribution is 2.28. The summed E-state index contributed by atoms with van der Waals surface area (Å²) < 4.78 is 0. The number of thioether (sulfide) groups is 1. The van der Waals surface area contributed by atoms with Crippen molar-refractivity contribution in [3.05, 3.63) is 28.8 Å². The fourth-order valence-electron chi connectivity index (χ4n) is 2.71. The predicted molar refractivity (Wildman–Crippen MR) is 88.7 cm³/mol. The third kappa shape index (κ3) is 4.40. The number of carbonyl (C=O) groups is 2. The first-order valence-corrected chi connectivity index (χ1v) is 8.83. The van der Waals surface area contributed by atoms with Crippen molar-refractivity contribution in [1.29, 1.82) is 0 Å². The first kappa shape index (κ1) is 17.2. The molecular weight excluding hydrogens is 322 g/mol. The molecule has 22 heavy (non-hydrogen) atoms. The van der Waals surface area contributed by atoms with Gasteiger partial charge in [0.15, 0.2) is 0 Å². The van der Waals surface area contributed by atoms with Gasteiger partial charge in [0, 0.05) is 16.0 Å². The van der Waals surface area contributed by atoms with E-state index >= 15 is 0 Å². The monoisotopic (exact) mass is 341 g/mol. The van der Waals surface area contributed by atoms with Crippen molar-refractivity contribution in [2.24, 2.45) is 5.92 Å². The Labute approximate surface area is 139 Å². The van der Waals surface area contributed by atoms with Crippen LogP contribution in [0.15, 0.2) is 23.1 Å². The Bertz CT molecular complexity index is 556. The standard InChI is InChI=1S/C16H20ClNO3S/c1-2-22-14-9-11(17)5-8-13(14)15(19)18-12-6-3-10(4-7-12)16(20)21/h5,8-10,12H,2-4,6-7H2,1H3,(H,18,19)(H,20,21). The van der Waals surface area contributed by atoms with Gasteiger partial charge in [-0.1, -0.05) is 18.5 Å². The quantitative estimate of drug-likeness (QED) is 0.799. The first-order chi connectivity index (χ1) is 10.5. The van der Waals surface area contributed by atoms with Gasteiger partial charge in [0.25, 0.3) is 5.91 Å². The molecule has 0 radical (unpaired) electrons. The minimum absolute atomic E-state index is 0.0539. The van der Waals surface area contributed by atoms with Crippen LogP contribution in [0.1, 0.15) is 43.0 Å². The van der Waals surface area contributed by atoms with E-state index in [1.807, 2.05) is 13.0 Å². The molecule has 0 saturated heterocycles. The number of benzene rings is 1. The molecule has 0 aromatic heterocycles. The van der Waals surface area contributed by atoms with Gasteiger partial charge in [-0.25, -0.2) is 0 Å². The zero-order valence-electron chi connectivity index (χ0n) is 12.5. The van der Waals surface area contributed by atoms with Crippen LogP contribution in [0.3, 0.4) is 0 Å². The number of carbonyl (C=O) groups excluding carboxylic acids is 1. The van der Waals surface area contributed by atoms with E-state index in [0.29, 0.717) is 36.3 Å². The molecule has 6 heteroatoms. The number of rotatable bonds is 5. The van der Waals surface area contributed by atoms with Crippen molar-refractivity contribution in [2.75, 3.05) is 5.75 Å². The van der Waals surface area contributed by atoms with E-state index in [4.69, 9.17) is 16.7 Å². The summed E-state index contributed by atoms with van der Waals surface area (Å²) in [5, 5.41) is 12.6. The van der Waals surface area contributed by atoms with E-state index in [9.17, 15) is 9.59 Å². The maximum Gasteiger partial charge on any atom is 0.306 e. The highest BCUT2D eigenvalue weighted by Gasteiger charge is 2.27. The normalized spacial score (nSPS) is 21.4. The lowest BCUT2D eigenvalue weighted by atomic mass is 9.86. The van der Waals surface area contributed by atoms with Crippen LogP contribution in [-0.4, -0.2) is 28.8 Å². The summed E-state index contributed by atoms with van der Waals surface area (Å²) in [5.41, 5.74) is 0.636. The van der Waals surface area contributed by atoms with E-state index in [1.54, 1.807) is 23.9 Å². The van der Waals surface area contributed by atoms with Crippen molar-refractivity contribution >= 4 is 35.2 Å². The zero-order valence-corrected chi connectivity index (χ0v) is 14.0. The number of aliphatic carboxylic acids is 1. The summed E-state index contributed by atoms with van der Waals surface area (Å²) in [6, 6.07) is 5.33. The summed E-state index contributed by atoms with van der Waals surface area (Å²) in [5.74, 6) is -0.241. The van der Waals surface area contributed by atoms with Crippen molar-refractivity contribution in [3.63, 3.8) is 0 Å². The molecular formula is C16H20ClNO3S. The van der Waals surface area contributed by atoms with Crippen molar-refractivity contribution < 1.29 is 14.7 Å². The lowest BCUT2D eigenvalue weighted by Crippen LogP contribution is -2.38. The molecule has 2 rings (SSSR count). The van der Waals surface area contributed by atoms with E-state index in [2.05, 4.69) is 5.32 Å². The van der Waals surface area contributed by atoms with Crippen LogP contribution < -0.4 is 5.32 Å². The van der Waals surface area contributed by atoms with Gasteiger partial charge in [-0.05, 0) is 49.6 Å². The topological polar surface area (TPSA) is 66.4 Å². The van der Waals surface area contributed by atoms with Gasteiger partial charge in [0.1, 0.15) is 0 Å². The van der Waals surface area contributed by atoms with Crippen LogP contribution >= 0.6 is 23.4 Å². The average Bonchev–Trinajstić information content (AvgIpc) is 2.48. The molecule has 0 bridgehead atoms. The lowest BCUT2D eigenvalue weighted by Gasteiger charge is -2.27. The number of hydrogen-bond acceptors (Lipinski definition) is 3. The minimum Gasteiger partial charge on any atom is -0.481 e. The summed E-state index contributed by atoms with van der Waals surface area (Å²) in [6.45, 7) is 2.03. The van der Waals surface area contributed by atoms with Crippen LogP contribution in [0.25, 0.3) is 0 Å². The van der Waals surface area contributed by atoms with Crippen LogP contribution in [0, 0.1) is 5.92 Å². The van der Waals surface area contributed by atoms with E-state index in [-0.39, 0.29) is 17.9 Å². The van der Waals surface area contributed by atoms with E-state index < -0.39 is 5.97 Å². The Balaban J connectivity index is 2.00. The van der Waals surface area contributed by atoms with E-state index in [1.165, 1.54) is 0 Å². The Kier molecular flexibility index (Phi) is 6.15. The molecule has 0 atom stereocenters. The lowest BCUT2D eigenvalue weighted by molar-refractivity contribution is -0.142. The Hall–Kier alpha value is -1.20. The number of amides is 1. The number of carboxylic acids is 1. The fraction of sp³-hybridized carbons (Fsp3) is 0.500. The van der Waals surface area contributed by atoms with Gasteiger partial charge in [0.05, 0.1) is 11.5 Å². The molecule has 0 aliphatic heterocycles. The van der Waals surface area contributed by atoms with Crippen molar-refractivity contribution in [2.45, 2.75) is 43.5 Å². The Morgan fingerprint density at radius 1 is 1.32 bits per heavy atom. The molecule has 2 N–H and O–H groups in total. The van der Waals surface area contributed by atoms with Crippen molar-refractivity contribution in [3.8, 4) is 0 Å². The van der Waals surface area contributed by atoms with E-state index in [0.717, 1.165) is 10.6 Å². The number of nitrogens with one attached hydrogen (secondary N) is 1. The second kappa shape index (κ2) is 7.88. The molecule has 1 amide bonds. The molecule has 4 nitrogen and oxygen atoms in total. The maximum atomic E-state index is 12.5. The van der Waals surface area contributed by atoms with Crippen molar-refractivity contribution in [1.82, 2.24) is 5.32 Å². The third-order valence-corrected chi connectivity index (χ3v) is 5.07. The maximum absolute atomic E-state index is 12.5. The van der Waals surface area contributed by atoms with Gasteiger partial charge in [-0.3, -0.25) is 9.59 Å². The molecule has 1 aromatic carbocycles. The summed E-state index contributed by atoms with van der Waals surface area (Å²) in [4.78, 5) is 24.3. The third-order valence-electron chi connectivity index (χ3n) is 3.90. The largest absolute Gasteiger partial charge is 0.481 e. The molecule has 120 valence electrons. The smallest absolute Gasteiger partial charge is 0.306 e. The van der Waals surface area contributed by atoms with Crippen LogP contribution in [0.5, 0.6) is 0 Å². The van der Waals surface area contributed by atoms with Crippen LogP contribution in [-0.2, 0) is 4.79 Å². The van der Waals surface area contributed by atoms with Crippen LogP contribution in [0.4, 0.5) is 0 Å². The van der Waals surface area contributed by atoms with Gasteiger partial charge in [-0.2, -0.15) is 0 Å². The molecule has 1 fully saturated rings. The second-order valence-corrected chi connectivity index (χ2v) is 7.18. The fourth-order valence-corrected chi connectivity index (χ4v) is 3.78.